The summed E-state index contributed by atoms with van der Waals surface area (Å²) in [5.74, 6) is 0.277. The molecule has 1 aromatic heterocycles. The molecule has 2 aromatic rings. The van der Waals surface area contributed by atoms with Crippen molar-refractivity contribution in [2.45, 2.75) is 56.1 Å². The van der Waals surface area contributed by atoms with Gasteiger partial charge in [-0.1, -0.05) is 61.4 Å². The average Bonchev–Trinajstić information content (AvgIpc) is 3.06. The van der Waals surface area contributed by atoms with E-state index < -0.39 is 5.54 Å². The number of aryl methyl sites for hydroxylation is 1. The average molecular weight is 383 g/mol. The zero-order valence-electron chi connectivity index (χ0n) is 16.0. The van der Waals surface area contributed by atoms with E-state index in [1.54, 1.807) is 11.9 Å². The number of rotatable bonds is 6. The smallest absolute Gasteiger partial charge is 0.234 e. The molecule has 0 bridgehead atoms. The van der Waals surface area contributed by atoms with Crippen LogP contribution in [0.3, 0.4) is 0 Å². The molecule has 0 aliphatic heterocycles. The number of carbonyl (C=O) groups is 1. The number of aromatic nitrogens is 2. The molecule has 3 rings (SSSR count). The Balaban J connectivity index is 1.60. The van der Waals surface area contributed by atoms with Crippen molar-refractivity contribution in [3.05, 3.63) is 47.3 Å². The maximum Gasteiger partial charge on any atom is 0.234 e. The second-order valence-corrected chi connectivity index (χ2v) is 8.19. The summed E-state index contributed by atoms with van der Waals surface area (Å²) in [6.45, 7) is 2.01. The van der Waals surface area contributed by atoms with Crippen molar-refractivity contribution in [2.75, 3.05) is 12.8 Å². The first-order valence-electron chi connectivity index (χ1n) is 9.44. The lowest BCUT2D eigenvalue weighted by Crippen LogP contribution is -2.50. The number of thioether (sulfide) groups is 1. The van der Waals surface area contributed by atoms with Crippen molar-refractivity contribution in [3.8, 4) is 6.07 Å². The third-order valence-electron chi connectivity index (χ3n) is 5.42. The number of hydrogen-bond donors (Lipinski definition) is 1. The van der Waals surface area contributed by atoms with Crippen molar-refractivity contribution in [1.29, 1.82) is 5.26 Å². The third kappa shape index (κ3) is 4.54. The summed E-state index contributed by atoms with van der Waals surface area (Å²) < 4.78 is 0. The summed E-state index contributed by atoms with van der Waals surface area (Å²) in [6, 6.07) is 12.6. The number of benzene rings is 1. The Labute approximate surface area is 165 Å². The molecule has 1 saturated carbocycles. The summed E-state index contributed by atoms with van der Waals surface area (Å²) >= 11 is 1.41. The van der Waals surface area contributed by atoms with Crippen LogP contribution < -0.4 is 0 Å². The van der Waals surface area contributed by atoms with Gasteiger partial charge in [0.15, 0.2) is 5.16 Å². The molecule has 1 aliphatic rings. The van der Waals surface area contributed by atoms with E-state index in [0.717, 1.165) is 55.1 Å². The monoisotopic (exact) mass is 382 g/mol. The lowest BCUT2D eigenvalue weighted by molar-refractivity contribution is -0.131. The molecule has 0 atom stereocenters. The number of H-pyrrole nitrogens is 1. The Morgan fingerprint density at radius 1 is 1.30 bits per heavy atom. The summed E-state index contributed by atoms with van der Waals surface area (Å²) in [7, 11) is 1.77. The number of nitrogens with zero attached hydrogens (tertiary/aromatic N) is 3. The van der Waals surface area contributed by atoms with Crippen molar-refractivity contribution in [2.24, 2.45) is 0 Å². The van der Waals surface area contributed by atoms with Gasteiger partial charge in [-0.25, -0.2) is 4.98 Å². The molecule has 0 radical (unpaired) electrons. The Kier molecular flexibility index (Phi) is 6.22. The molecule has 1 aromatic carbocycles. The van der Waals surface area contributed by atoms with Crippen LogP contribution in [0, 0.1) is 18.3 Å². The van der Waals surface area contributed by atoms with Crippen LogP contribution in [-0.2, 0) is 11.2 Å². The molecule has 1 amide bonds. The van der Waals surface area contributed by atoms with E-state index in [2.05, 4.69) is 28.2 Å². The molecule has 142 valence electrons. The van der Waals surface area contributed by atoms with Crippen molar-refractivity contribution >= 4 is 17.7 Å². The third-order valence-corrected chi connectivity index (χ3v) is 6.27. The first-order valence-corrected chi connectivity index (χ1v) is 10.4. The molecule has 1 aliphatic carbocycles. The zero-order chi connectivity index (χ0) is 19.3. The quantitative estimate of drug-likeness (QED) is 0.764. The Morgan fingerprint density at radius 2 is 2.00 bits per heavy atom. The highest BCUT2D eigenvalue weighted by Gasteiger charge is 2.38. The number of hydrogen-bond acceptors (Lipinski definition) is 4. The van der Waals surface area contributed by atoms with Crippen LogP contribution >= 0.6 is 11.8 Å². The molecule has 5 nitrogen and oxygen atoms in total. The van der Waals surface area contributed by atoms with Gasteiger partial charge in [-0.15, -0.1) is 0 Å². The minimum Gasteiger partial charge on any atom is -0.337 e. The summed E-state index contributed by atoms with van der Waals surface area (Å²) in [4.78, 5) is 22.3. The first-order chi connectivity index (χ1) is 13.0. The number of imidazole rings is 1. The molecule has 6 heteroatoms. The molecule has 27 heavy (non-hydrogen) atoms. The van der Waals surface area contributed by atoms with Gasteiger partial charge in [0, 0.05) is 19.2 Å². The van der Waals surface area contributed by atoms with Gasteiger partial charge < -0.3 is 9.88 Å². The van der Waals surface area contributed by atoms with Crippen LogP contribution in [0.25, 0.3) is 0 Å². The lowest BCUT2D eigenvalue weighted by Gasteiger charge is -2.39. The molecule has 1 N–H and O–H groups in total. The fourth-order valence-electron chi connectivity index (χ4n) is 3.62. The fourth-order valence-corrected chi connectivity index (χ4v) is 4.47. The van der Waals surface area contributed by atoms with E-state index in [9.17, 15) is 10.1 Å². The number of nitrogens with one attached hydrogen (secondary N) is 1. The second-order valence-electron chi connectivity index (χ2n) is 7.22. The molecular weight excluding hydrogens is 356 g/mol. The first kappa shape index (κ1) is 19.5. The van der Waals surface area contributed by atoms with Crippen LogP contribution in [0.15, 0.2) is 35.5 Å². The Morgan fingerprint density at radius 3 is 2.67 bits per heavy atom. The van der Waals surface area contributed by atoms with Gasteiger partial charge in [0.05, 0.1) is 17.5 Å². The number of carbonyl (C=O) groups excluding carboxylic acids is 1. The SMILES string of the molecule is Cc1[nH]c(SCC(=O)N(C)C2(C#N)CCCCC2)nc1Cc1ccccc1. The predicted molar refractivity (Wildman–Crippen MR) is 107 cm³/mol. The maximum atomic E-state index is 12.7. The van der Waals surface area contributed by atoms with Gasteiger partial charge in [-0.2, -0.15) is 5.26 Å². The highest BCUT2D eigenvalue weighted by atomic mass is 32.2. The normalized spacial score (nSPS) is 15.9. The van der Waals surface area contributed by atoms with E-state index in [-0.39, 0.29) is 11.7 Å². The largest absolute Gasteiger partial charge is 0.337 e. The van der Waals surface area contributed by atoms with Gasteiger partial charge in [0.25, 0.3) is 0 Å². The maximum absolute atomic E-state index is 12.7. The highest BCUT2D eigenvalue weighted by molar-refractivity contribution is 7.99. The lowest BCUT2D eigenvalue weighted by atomic mass is 9.81. The topological polar surface area (TPSA) is 72.8 Å². The van der Waals surface area contributed by atoms with Gasteiger partial charge in [0.2, 0.25) is 5.91 Å². The molecule has 0 spiro atoms. The van der Waals surface area contributed by atoms with Crippen LogP contribution in [0.1, 0.15) is 49.1 Å². The Bertz CT molecular complexity index is 818. The van der Waals surface area contributed by atoms with Crippen molar-refractivity contribution < 1.29 is 4.79 Å². The van der Waals surface area contributed by atoms with Crippen LogP contribution in [0.2, 0.25) is 0 Å². The minimum absolute atomic E-state index is 0.0119. The summed E-state index contributed by atoms with van der Waals surface area (Å²) in [5, 5.41) is 10.4. The second kappa shape index (κ2) is 8.62. The summed E-state index contributed by atoms with van der Waals surface area (Å²) in [6.07, 6.45) is 5.50. The zero-order valence-corrected chi connectivity index (χ0v) is 16.8. The van der Waals surface area contributed by atoms with E-state index in [4.69, 9.17) is 0 Å². The number of amides is 1. The van der Waals surface area contributed by atoms with E-state index >= 15 is 0 Å². The summed E-state index contributed by atoms with van der Waals surface area (Å²) in [5.41, 5.74) is 2.62. The molecule has 1 fully saturated rings. The fraction of sp³-hybridized carbons (Fsp3) is 0.476. The van der Waals surface area contributed by atoms with Crippen LogP contribution in [0.4, 0.5) is 0 Å². The minimum atomic E-state index is -0.632. The van der Waals surface area contributed by atoms with Gasteiger partial charge in [0.1, 0.15) is 5.54 Å². The predicted octanol–water partition coefficient (Wildman–Crippen LogP) is 4.09. The standard InChI is InChI=1S/C21H26N4OS/c1-16-18(13-17-9-5-3-6-10-17)24-20(23-16)27-14-19(26)25(2)21(15-22)11-7-4-8-12-21/h3,5-6,9-10H,4,7-8,11-14H2,1-2H3,(H,23,24). The van der Waals surface area contributed by atoms with Gasteiger partial charge in [-0.3, -0.25) is 4.79 Å². The van der Waals surface area contributed by atoms with Crippen molar-refractivity contribution in [3.63, 3.8) is 0 Å². The van der Waals surface area contributed by atoms with E-state index in [1.807, 2.05) is 25.1 Å². The molecular formula is C21H26N4OS. The molecule has 1 heterocycles. The van der Waals surface area contributed by atoms with Gasteiger partial charge >= 0.3 is 0 Å². The van der Waals surface area contributed by atoms with E-state index in [1.165, 1.54) is 17.3 Å². The molecule has 0 saturated heterocycles. The number of nitriles is 1. The van der Waals surface area contributed by atoms with Crippen molar-refractivity contribution in [1.82, 2.24) is 14.9 Å². The highest BCUT2D eigenvalue weighted by Crippen LogP contribution is 2.33. The van der Waals surface area contributed by atoms with Crippen LogP contribution in [0.5, 0.6) is 0 Å². The number of aromatic amines is 1. The van der Waals surface area contributed by atoms with Gasteiger partial charge in [-0.05, 0) is 25.3 Å². The molecule has 0 unspecified atom stereocenters. The Hall–Kier alpha value is -2.26. The van der Waals surface area contributed by atoms with E-state index in [0.29, 0.717) is 0 Å². The van der Waals surface area contributed by atoms with Crippen LogP contribution in [-0.4, -0.2) is 39.1 Å².